The van der Waals surface area contributed by atoms with Gasteiger partial charge in [0.15, 0.2) is 0 Å². The molecule has 0 aliphatic heterocycles. The fourth-order valence-corrected chi connectivity index (χ4v) is 2.03. The molecule has 1 aromatic carbocycles. The van der Waals surface area contributed by atoms with Crippen molar-refractivity contribution in [2.45, 2.75) is 26.4 Å². The van der Waals surface area contributed by atoms with E-state index in [9.17, 15) is 17.6 Å². The molecule has 108 valence electrons. The first-order chi connectivity index (χ1) is 8.65. The predicted molar refractivity (Wildman–Crippen MR) is 69.0 cm³/mol. The summed E-state index contributed by atoms with van der Waals surface area (Å²) in [5.74, 6) is -0.430. The molecule has 6 heteroatoms. The monoisotopic (exact) mass is 297 g/mol. The Labute approximate surface area is 115 Å². The van der Waals surface area contributed by atoms with Gasteiger partial charge in [0.25, 0.3) is 0 Å². The first-order valence-electron chi connectivity index (χ1n) is 5.82. The van der Waals surface area contributed by atoms with E-state index in [0.717, 1.165) is 18.6 Å². The van der Waals surface area contributed by atoms with Gasteiger partial charge in [0.1, 0.15) is 5.82 Å². The molecule has 0 bridgehead atoms. The Balaban J connectivity index is 2.76. The third kappa shape index (κ3) is 4.90. The van der Waals surface area contributed by atoms with Crippen molar-refractivity contribution in [1.82, 2.24) is 0 Å². The van der Waals surface area contributed by atoms with E-state index in [-0.39, 0.29) is 11.1 Å². The molecule has 0 aromatic heterocycles. The van der Waals surface area contributed by atoms with Gasteiger partial charge in [-0.15, -0.1) is 11.6 Å². The lowest BCUT2D eigenvalue weighted by Crippen LogP contribution is -2.24. The molecule has 0 fully saturated rings. The third-order valence-corrected chi connectivity index (χ3v) is 3.01. The molecule has 1 N–H and O–H groups in total. The Bertz CT molecular complexity index is 429. The zero-order valence-corrected chi connectivity index (χ0v) is 11.5. The number of alkyl halides is 4. The summed E-state index contributed by atoms with van der Waals surface area (Å²) in [7, 11) is 0. The maximum absolute atomic E-state index is 13.6. The van der Waals surface area contributed by atoms with Crippen molar-refractivity contribution in [2.24, 2.45) is 5.41 Å². The van der Waals surface area contributed by atoms with Gasteiger partial charge in [-0.2, -0.15) is 13.2 Å². The van der Waals surface area contributed by atoms with Crippen LogP contribution in [0.4, 0.5) is 23.2 Å². The van der Waals surface area contributed by atoms with E-state index in [1.165, 1.54) is 0 Å². The Hall–Kier alpha value is -0.970. The highest BCUT2D eigenvalue weighted by Gasteiger charge is 2.31. The van der Waals surface area contributed by atoms with Crippen LogP contribution >= 0.6 is 11.6 Å². The predicted octanol–water partition coefficient (Wildman–Crippen LogP) is 4.91. The van der Waals surface area contributed by atoms with E-state index in [0.29, 0.717) is 18.5 Å². The molecule has 0 aliphatic carbocycles. The smallest absolute Gasteiger partial charge is 0.382 e. The molecule has 0 saturated heterocycles. The van der Waals surface area contributed by atoms with Crippen molar-refractivity contribution in [3.05, 3.63) is 29.6 Å². The number of benzene rings is 1. The molecular weight excluding hydrogens is 282 g/mol. The van der Waals surface area contributed by atoms with Crippen LogP contribution in [0.2, 0.25) is 0 Å². The molecule has 0 saturated carbocycles. The fourth-order valence-electron chi connectivity index (χ4n) is 1.51. The molecule has 19 heavy (non-hydrogen) atoms. The fraction of sp³-hybridized carbons (Fsp3) is 0.538. The maximum Gasteiger partial charge on any atom is 0.416 e. The van der Waals surface area contributed by atoms with Crippen molar-refractivity contribution in [2.75, 3.05) is 17.7 Å². The van der Waals surface area contributed by atoms with Gasteiger partial charge in [-0.25, -0.2) is 4.39 Å². The standard InChI is InChI=1S/C13H16ClF4N/c1-12(2,5-6-14)8-19-11-4-3-9(7-10(11)15)13(16,17)18/h3-4,7,19H,5-6,8H2,1-2H3. The topological polar surface area (TPSA) is 12.0 Å². The highest BCUT2D eigenvalue weighted by Crippen LogP contribution is 2.31. The Kier molecular flexibility index (Phi) is 5.07. The third-order valence-electron chi connectivity index (χ3n) is 2.83. The number of anilines is 1. The average molecular weight is 298 g/mol. The Morgan fingerprint density at radius 3 is 2.32 bits per heavy atom. The number of halogens is 5. The molecule has 0 radical (unpaired) electrons. The van der Waals surface area contributed by atoms with E-state index in [1.807, 2.05) is 13.8 Å². The number of rotatable bonds is 5. The second kappa shape index (κ2) is 5.99. The van der Waals surface area contributed by atoms with Gasteiger partial charge in [-0.3, -0.25) is 0 Å². The number of hydrogen-bond acceptors (Lipinski definition) is 1. The minimum atomic E-state index is -4.53. The molecule has 0 amide bonds. The quantitative estimate of drug-likeness (QED) is 0.601. The lowest BCUT2D eigenvalue weighted by Gasteiger charge is -2.24. The lowest BCUT2D eigenvalue weighted by atomic mass is 9.90. The molecule has 1 aromatic rings. The van der Waals surface area contributed by atoms with Gasteiger partial charge < -0.3 is 5.32 Å². The van der Waals surface area contributed by atoms with Crippen LogP contribution in [0, 0.1) is 11.2 Å². The largest absolute Gasteiger partial charge is 0.416 e. The highest BCUT2D eigenvalue weighted by molar-refractivity contribution is 6.17. The summed E-state index contributed by atoms with van der Waals surface area (Å²) in [6.07, 6.45) is -3.80. The molecular formula is C13H16ClF4N. The summed E-state index contributed by atoms with van der Waals surface area (Å²) in [5.41, 5.74) is -1.08. The van der Waals surface area contributed by atoms with Crippen LogP contribution in [0.3, 0.4) is 0 Å². The minimum absolute atomic E-state index is 0.0654. The van der Waals surface area contributed by atoms with Crippen molar-refractivity contribution < 1.29 is 17.6 Å². The van der Waals surface area contributed by atoms with Crippen molar-refractivity contribution in [3.8, 4) is 0 Å². The molecule has 0 aliphatic rings. The van der Waals surface area contributed by atoms with Crippen LogP contribution in [-0.2, 0) is 6.18 Å². The van der Waals surface area contributed by atoms with Gasteiger partial charge >= 0.3 is 6.18 Å². The van der Waals surface area contributed by atoms with Crippen LogP contribution in [0.25, 0.3) is 0 Å². The van der Waals surface area contributed by atoms with Gasteiger partial charge in [0.05, 0.1) is 11.3 Å². The van der Waals surface area contributed by atoms with Crippen LogP contribution in [0.5, 0.6) is 0 Å². The van der Waals surface area contributed by atoms with Crippen LogP contribution in [0.1, 0.15) is 25.8 Å². The zero-order chi connectivity index (χ0) is 14.7. The van der Waals surface area contributed by atoms with Gasteiger partial charge in [0, 0.05) is 12.4 Å². The molecule has 0 spiro atoms. The molecule has 1 nitrogen and oxygen atoms in total. The van der Waals surface area contributed by atoms with Crippen LogP contribution < -0.4 is 5.32 Å². The summed E-state index contributed by atoms with van der Waals surface area (Å²) >= 11 is 5.64. The molecule has 0 atom stereocenters. The maximum atomic E-state index is 13.6. The second-order valence-electron chi connectivity index (χ2n) is 5.15. The number of nitrogens with one attached hydrogen (secondary N) is 1. The van der Waals surface area contributed by atoms with Gasteiger partial charge in [-0.05, 0) is 30.0 Å². The second-order valence-corrected chi connectivity index (χ2v) is 5.53. The van der Waals surface area contributed by atoms with Crippen molar-refractivity contribution >= 4 is 17.3 Å². The summed E-state index contributed by atoms with van der Waals surface area (Å²) in [5, 5.41) is 2.82. The first kappa shape index (κ1) is 16.1. The Morgan fingerprint density at radius 1 is 1.21 bits per heavy atom. The number of hydrogen-bond donors (Lipinski definition) is 1. The van der Waals surface area contributed by atoms with Crippen LogP contribution in [-0.4, -0.2) is 12.4 Å². The summed E-state index contributed by atoms with van der Waals surface area (Å²) < 4.78 is 50.7. The summed E-state index contributed by atoms with van der Waals surface area (Å²) in [6.45, 7) is 4.33. The lowest BCUT2D eigenvalue weighted by molar-refractivity contribution is -0.137. The first-order valence-corrected chi connectivity index (χ1v) is 6.36. The van der Waals surface area contributed by atoms with Crippen molar-refractivity contribution in [1.29, 1.82) is 0 Å². The van der Waals surface area contributed by atoms with E-state index in [4.69, 9.17) is 11.6 Å². The summed E-state index contributed by atoms with van der Waals surface area (Å²) in [6, 6.07) is 2.46. The summed E-state index contributed by atoms with van der Waals surface area (Å²) in [4.78, 5) is 0. The Morgan fingerprint density at radius 2 is 1.84 bits per heavy atom. The molecule has 0 heterocycles. The highest BCUT2D eigenvalue weighted by atomic mass is 35.5. The van der Waals surface area contributed by atoms with E-state index < -0.39 is 17.6 Å². The minimum Gasteiger partial charge on any atom is -0.382 e. The van der Waals surface area contributed by atoms with Gasteiger partial charge in [-0.1, -0.05) is 13.8 Å². The zero-order valence-electron chi connectivity index (χ0n) is 10.7. The molecule has 1 rings (SSSR count). The van der Waals surface area contributed by atoms with Crippen molar-refractivity contribution in [3.63, 3.8) is 0 Å². The van der Waals surface area contributed by atoms with Gasteiger partial charge in [0.2, 0.25) is 0 Å². The normalized spacial score (nSPS) is 12.6. The average Bonchev–Trinajstić information content (AvgIpc) is 2.26. The SMILES string of the molecule is CC(C)(CCCl)CNc1ccc(C(F)(F)F)cc1F. The molecule has 0 unspecified atom stereocenters. The van der Waals surface area contributed by atoms with E-state index in [1.54, 1.807) is 0 Å². The van der Waals surface area contributed by atoms with E-state index in [2.05, 4.69) is 5.32 Å². The van der Waals surface area contributed by atoms with E-state index >= 15 is 0 Å². The van der Waals surface area contributed by atoms with Crippen LogP contribution in [0.15, 0.2) is 18.2 Å².